The highest BCUT2D eigenvalue weighted by molar-refractivity contribution is 9.10. The van der Waals surface area contributed by atoms with Crippen molar-refractivity contribution < 1.29 is 8.78 Å². The van der Waals surface area contributed by atoms with Gasteiger partial charge in [-0.3, -0.25) is 0 Å². The maximum absolute atomic E-state index is 12.1. The minimum atomic E-state index is -2.55. The molecule has 60 valence electrons. The molecule has 0 spiro atoms. The lowest BCUT2D eigenvalue weighted by Gasteiger charge is -2.03. The minimum absolute atomic E-state index is 0.00231. The molecule has 0 atom stereocenters. The summed E-state index contributed by atoms with van der Waals surface area (Å²) in [6.07, 6.45) is -1.27. The van der Waals surface area contributed by atoms with Crippen molar-refractivity contribution in [3.63, 3.8) is 0 Å². The van der Waals surface area contributed by atoms with Gasteiger partial charge < -0.3 is 5.73 Å². The summed E-state index contributed by atoms with van der Waals surface area (Å²) in [5.74, 6) is 0. The number of alkyl halides is 2. The Morgan fingerprint density at radius 3 is 2.64 bits per heavy atom. The predicted molar refractivity (Wildman–Crippen MR) is 41.3 cm³/mol. The molecule has 0 amide bonds. The van der Waals surface area contributed by atoms with E-state index in [-0.39, 0.29) is 15.9 Å². The number of rotatable bonds is 1. The lowest BCUT2D eigenvalue weighted by atomic mass is 10.2. The summed E-state index contributed by atoms with van der Waals surface area (Å²) in [5.41, 5.74) is 5.11. The quantitative estimate of drug-likeness (QED) is 0.742. The van der Waals surface area contributed by atoms with Crippen LogP contribution in [0.1, 0.15) is 12.0 Å². The molecule has 1 aromatic heterocycles. The molecule has 5 heteroatoms. The van der Waals surface area contributed by atoms with E-state index in [0.29, 0.717) is 0 Å². The van der Waals surface area contributed by atoms with Gasteiger partial charge in [-0.25, -0.2) is 13.8 Å². The van der Waals surface area contributed by atoms with Crippen molar-refractivity contribution in [1.82, 2.24) is 4.98 Å². The summed E-state index contributed by atoms with van der Waals surface area (Å²) in [5, 5.41) is 0. The predicted octanol–water partition coefficient (Wildman–Crippen LogP) is 2.36. The molecule has 0 unspecified atom stereocenters. The number of aromatic nitrogens is 1. The Kier molecular flexibility index (Phi) is 2.38. The smallest absolute Gasteiger partial charge is 0.265 e. The Balaban J connectivity index is 3.17. The molecule has 0 saturated heterocycles. The van der Waals surface area contributed by atoms with Gasteiger partial charge in [0.1, 0.15) is 4.60 Å². The standard InChI is InChI=1S/C6H5BrF2N2/c7-5-4(10)3(6(8)9)1-2-11-5/h1-2,6H,10H2. The molecule has 1 rings (SSSR count). The zero-order chi connectivity index (χ0) is 8.43. The average molecular weight is 223 g/mol. The minimum Gasteiger partial charge on any atom is -0.396 e. The van der Waals surface area contributed by atoms with E-state index < -0.39 is 6.43 Å². The van der Waals surface area contributed by atoms with Crippen LogP contribution in [-0.2, 0) is 0 Å². The summed E-state index contributed by atoms with van der Waals surface area (Å²) in [6.45, 7) is 0. The molecule has 0 aliphatic rings. The van der Waals surface area contributed by atoms with Crippen LogP contribution >= 0.6 is 15.9 Å². The van der Waals surface area contributed by atoms with Gasteiger partial charge >= 0.3 is 0 Å². The molecule has 0 radical (unpaired) electrons. The van der Waals surface area contributed by atoms with E-state index >= 15 is 0 Å². The van der Waals surface area contributed by atoms with Crippen LogP contribution in [0.15, 0.2) is 16.9 Å². The van der Waals surface area contributed by atoms with Gasteiger partial charge in [-0.1, -0.05) is 0 Å². The Labute approximate surface area is 70.6 Å². The van der Waals surface area contributed by atoms with Gasteiger partial charge in [0.25, 0.3) is 6.43 Å². The normalized spacial score (nSPS) is 10.5. The molecule has 0 saturated carbocycles. The fourth-order valence-electron chi connectivity index (χ4n) is 0.652. The number of halogens is 3. The van der Waals surface area contributed by atoms with E-state index in [9.17, 15) is 8.78 Å². The number of nitrogens with zero attached hydrogens (tertiary/aromatic N) is 1. The van der Waals surface area contributed by atoms with Crippen molar-refractivity contribution >= 4 is 21.6 Å². The summed E-state index contributed by atoms with van der Waals surface area (Å²) in [4.78, 5) is 3.68. The SMILES string of the molecule is Nc1c(C(F)F)ccnc1Br. The van der Waals surface area contributed by atoms with E-state index in [1.165, 1.54) is 12.3 Å². The number of nitrogen functional groups attached to an aromatic ring is 1. The molecular formula is C6H5BrF2N2. The third-order valence-corrected chi connectivity index (χ3v) is 1.84. The second kappa shape index (κ2) is 3.13. The molecule has 2 N–H and O–H groups in total. The van der Waals surface area contributed by atoms with Crippen LogP contribution < -0.4 is 5.73 Å². The maximum atomic E-state index is 12.1. The number of hydrogen-bond acceptors (Lipinski definition) is 2. The third kappa shape index (κ3) is 1.65. The van der Waals surface area contributed by atoms with Gasteiger partial charge in [0.05, 0.1) is 5.69 Å². The van der Waals surface area contributed by atoms with E-state index in [1.807, 2.05) is 0 Å². The van der Waals surface area contributed by atoms with Crippen molar-refractivity contribution in [2.45, 2.75) is 6.43 Å². The number of anilines is 1. The van der Waals surface area contributed by atoms with Crippen LogP contribution in [-0.4, -0.2) is 4.98 Å². The molecular weight excluding hydrogens is 218 g/mol. The van der Waals surface area contributed by atoms with Crippen molar-refractivity contribution in [1.29, 1.82) is 0 Å². The second-order valence-electron chi connectivity index (χ2n) is 1.91. The van der Waals surface area contributed by atoms with Crippen molar-refractivity contribution in [3.8, 4) is 0 Å². The van der Waals surface area contributed by atoms with Gasteiger partial charge in [0.15, 0.2) is 0 Å². The largest absolute Gasteiger partial charge is 0.396 e. The highest BCUT2D eigenvalue weighted by Crippen LogP contribution is 2.28. The van der Waals surface area contributed by atoms with Crippen LogP contribution in [0, 0.1) is 0 Å². The van der Waals surface area contributed by atoms with E-state index in [1.54, 1.807) is 0 Å². The molecule has 0 bridgehead atoms. The lowest BCUT2D eigenvalue weighted by molar-refractivity contribution is 0.152. The van der Waals surface area contributed by atoms with E-state index in [0.717, 1.165) is 0 Å². The van der Waals surface area contributed by atoms with Crippen LogP contribution in [0.5, 0.6) is 0 Å². The third-order valence-electron chi connectivity index (χ3n) is 1.21. The lowest BCUT2D eigenvalue weighted by Crippen LogP contribution is -1.96. The van der Waals surface area contributed by atoms with Crippen LogP contribution in [0.25, 0.3) is 0 Å². The zero-order valence-corrected chi connectivity index (χ0v) is 6.98. The monoisotopic (exact) mass is 222 g/mol. The van der Waals surface area contributed by atoms with E-state index in [2.05, 4.69) is 20.9 Å². The van der Waals surface area contributed by atoms with Crippen molar-refractivity contribution in [2.24, 2.45) is 0 Å². The van der Waals surface area contributed by atoms with Crippen LogP contribution in [0.2, 0.25) is 0 Å². The topological polar surface area (TPSA) is 38.9 Å². The molecule has 0 aliphatic carbocycles. The zero-order valence-electron chi connectivity index (χ0n) is 5.39. The van der Waals surface area contributed by atoms with Crippen molar-refractivity contribution in [2.75, 3.05) is 5.73 Å². The van der Waals surface area contributed by atoms with Gasteiger partial charge in [0, 0.05) is 11.8 Å². The van der Waals surface area contributed by atoms with Gasteiger partial charge in [-0.2, -0.15) is 0 Å². The van der Waals surface area contributed by atoms with Crippen LogP contribution in [0.4, 0.5) is 14.5 Å². The first-order valence-electron chi connectivity index (χ1n) is 2.81. The Hall–Kier alpha value is -0.710. The second-order valence-corrected chi connectivity index (χ2v) is 2.66. The Morgan fingerprint density at radius 2 is 2.18 bits per heavy atom. The molecule has 0 aromatic carbocycles. The first-order chi connectivity index (χ1) is 5.13. The summed E-state index contributed by atoms with van der Waals surface area (Å²) >= 11 is 2.94. The average Bonchev–Trinajstić information content (AvgIpc) is 1.94. The van der Waals surface area contributed by atoms with E-state index in [4.69, 9.17) is 5.73 Å². The Bertz CT molecular complexity index is 265. The summed E-state index contributed by atoms with van der Waals surface area (Å²) in [6, 6.07) is 1.20. The van der Waals surface area contributed by atoms with Gasteiger partial charge in [-0.05, 0) is 22.0 Å². The summed E-state index contributed by atoms with van der Waals surface area (Å²) < 4.78 is 24.4. The molecule has 1 heterocycles. The molecule has 0 fully saturated rings. The molecule has 1 aromatic rings. The first-order valence-corrected chi connectivity index (χ1v) is 3.60. The Morgan fingerprint density at radius 1 is 1.55 bits per heavy atom. The number of nitrogens with two attached hydrogens (primary N) is 1. The number of hydrogen-bond donors (Lipinski definition) is 1. The fourth-order valence-corrected chi connectivity index (χ4v) is 0.999. The molecule has 11 heavy (non-hydrogen) atoms. The van der Waals surface area contributed by atoms with Crippen molar-refractivity contribution in [3.05, 3.63) is 22.4 Å². The maximum Gasteiger partial charge on any atom is 0.265 e. The fraction of sp³-hybridized carbons (Fsp3) is 0.167. The first kappa shape index (κ1) is 8.39. The highest BCUT2D eigenvalue weighted by Gasteiger charge is 2.12. The number of pyridine rings is 1. The molecule has 2 nitrogen and oxygen atoms in total. The highest BCUT2D eigenvalue weighted by atomic mass is 79.9. The molecule has 0 aliphatic heterocycles. The van der Waals surface area contributed by atoms with Gasteiger partial charge in [-0.15, -0.1) is 0 Å². The summed E-state index contributed by atoms with van der Waals surface area (Å²) in [7, 11) is 0. The van der Waals surface area contributed by atoms with Gasteiger partial charge in [0.2, 0.25) is 0 Å². The van der Waals surface area contributed by atoms with Crippen LogP contribution in [0.3, 0.4) is 0 Å².